The molecule has 140 valence electrons. The first kappa shape index (κ1) is 20.7. The van der Waals surface area contributed by atoms with E-state index in [4.69, 9.17) is 0 Å². The predicted molar refractivity (Wildman–Crippen MR) is 76.1 cm³/mol. The lowest BCUT2D eigenvalue weighted by Crippen LogP contribution is -2.69. The molecular weight excluding hydrogens is 379 g/mol. The average Bonchev–Trinajstić information content (AvgIpc) is 2.44. The van der Waals surface area contributed by atoms with Crippen LogP contribution in [0.4, 0.5) is 27.6 Å². The van der Waals surface area contributed by atoms with Crippen molar-refractivity contribution in [3.63, 3.8) is 0 Å². The second-order valence-electron chi connectivity index (χ2n) is 4.62. The number of halogens is 6. The van der Waals surface area contributed by atoms with Gasteiger partial charge in [0.15, 0.2) is 0 Å². The fraction of sp³-hybridized carbons (Fsp3) is 0.385. The Balaban J connectivity index is 3.21. The molecule has 0 aliphatic rings. The summed E-state index contributed by atoms with van der Waals surface area (Å²) >= 11 is 4.56. The third-order valence-electron chi connectivity index (χ3n) is 2.70. The Bertz CT molecular complexity index is 633. The van der Waals surface area contributed by atoms with Gasteiger partial charge in [0, 0.05) is 24.2 Å². The fourth-order valence-electron chi connectivity index (χ4n) is 1.76. The molecule has 6 nitrogen and oxygen atoms in total. The molecule has 0 bridgehead atoms. The number of ether oxygens (including phenoxy) is 2. The van der Waals surface area contributed by atoms with Crippen LogP contribution in [0.2, 0.25) is 0 Å². The van der Waals surface area contributed by atoms with Crippen molar-refractivity contribution in [2.75, 3.05) is 12.4 Å². The van der Waals surface area contributed by atoms with Crippen LogP contribution in [-0.4, -0.2) is 36.4 Å². The summed E-state index contributed by atoms with van der Waals surface area (Å²) in [6, 6.07) is 3.57. The molecule has 12 heteroatoms. The van der Waals surface area contributed by atoms with Crippen LogP contribution >= 0.6 is 11.6 Å². The zero-order valence-electron chi connectivity index (χ0n) is 12.7. The number of esters is 1. The minimum Gasteiger partial charge on any atom is -0.466 e. The van der Waals surface area contributed by atoms with Crippen LogP contribution in [0.3, 0.4) is 0 Å². The molecule has 1 aromatic rings. The first-order chi connectivity index (χ1) is 11.3. The van der Waals surface area contributed by atoms with Crippen LogP contribution in [0.1, 0.15) is 6.92 Å². The number of amides is 1. The normalized spacial score (nSPS) is 14.2. The Labute approximate surface area is 143 Å². The minimum atomic E-state index is -5.29. The van der Waals surface area contributed by atoms with Crippen molar-refractivity contribution in [3.8, 4) is 5.75 Å². The number of methoxy groups -OCH3 is 1. The highest BCUT2D eigenvalue weighted by Crippen LogP contribution is 2.34. The van der Waals surface area contributed by atoms with Gasteiger partial charge in [0.1, 0.15) is 5.75 Å². The maximum atomic E-state index is 13.4. The molecule has 25 heavy (non-hydrogen) atoms. The monoisotopic (exact) mass is 390 g/mol. The Hall–Kier alpha value is -2.30. The van der Waals surface area contributed by atoms with Gasteiger partial charge in [0.25, 0.3) is 0 Å². The molecule has 0 heterocycles. The first-order valence-electron chi connectivity index (χ1n) is 6.38. The summed E-state index contributed by atoms with van der Waals surface area (Å²) in [5.74, 6) is -3.44. The average molecular weight is 391 g/mol. The number of benzene rings is 1. The van der Waals surface area contributed by atoms with Crippen molar-refractivity contribution in [1.29, 1.82) is 0 Å². The molecule has 1 aromatic carbocycles. The summed E-state index contributed by atoms with van der Waals surface area (Å²) in [7, 11) is 0.700. The van der Waals surface area contributed by atoms with Crippen molar-refractivity contribution < 1.29 is 41.0 Å². The molecule has 0 aliphatic carbocycles. The lowest BCUT2D eigenvalue weighted by molar-refractivity contribution is -0.206. The van der Waals surface area contributed by atoms with E-state index in [1.165, 1.54) is 5.32 Å². The molecule has 1 amide bonds. The van der Waals surface area contributed by atoms with Gasteiger partial charge in [0.05, 0.1) is 7.11 Å². The zero-order valence-corrected chi connectivity index (χ0v) is 13.5. The van der Waals surface area contributed by atoms with Gasteiger partial charge < -0.3 is 20.1 Å². The number of hydrogen-bond acceptors (Lipinski definition) is 5. The SMILES string of the molecule is COC(=O)[C@](NC(C)=O)(Nc1ccc(OC(F)(F)Cl)cc1)C(F)(F)F. The fourth-order valence-corrected chi connectivity index (χ4v) is 1.85. The molecule has 0 unspecified atom stereocenters. The summed E-state index contributed by atoms with van der Waals surface area (Å²) in [6.45, 7) is 0.768. The van der Waals surface area contributed by atoms with E-state index >= 15 is 0 Å². The van der Waals surface area contributed by atoms with Crippen molar-refractivity contribution in [1.82, 2.24) is 5.32 Å². The Morgan fingerprint density at radius 3 is 1.96 bits per heavy atom. The van der Waals surface area contributed by atoms with Crippen molar-refractivity contribution >= 4 is 29.2 Å². The molecule has 0 saturated heterocycles. The molecule has 0 aliphatic heterocycles. The molecule has 2 N–H and O–H groups in total. The summed E-state index contributed by atoms with van der Waals surface area (Å²) < 4.78 is 73.5. The number of carbonyl (C=O) groups excluding carboxylic acids is 2. The summed E-state index contributed by atoms with van der Waals surface area (Å²) in [5, 5.41) is 3.26. The summed E-state index contributed by atoms with van der Waals surface area (Å²) in [4.78, 5) is 22.9. The van der Waals surface area contributed by atoms with Gasteiger partial charge in [-0.2, -0.15) is 13.2 Å². The lowest BCUT2D eigenvalue weighted by atomic mass is 10.1. The van der Waals surface area contributed by atoms with E-state index in [2.05, 4.69) is 21.1 Å². The summed E-state index contributed by atoms with van der Waals surface area (Å²) in [6.07, 6.45) is -5.29. The second-order valence-corrected chi connectivity index (χ2v) is 5.06. The van der Waals surface area contributed by atoms with Gasteiger partial charge >= 0.3 is 23.4 Å². The van der Waals surface area contributed by atoms with Gasteiger partial charge in [-0.25, -0.2) is 4.79 Å². The predicted octanol–water partition coefficient (Wildman–Crippen LogP) is 2.83. The van der Waals surface area contributed by atoms with E-state index < -0.39 is 35.0 Å². The van der Waals surface area contributed by atoms with Gasteiger partial charge in [-0.1, -0.05) is 0 Å². The van der Waals surface area contributed by atoms with Crippen LogP contribution in [0, 0.1) is 0 Å². The highest BCUT2D eigenvalue weighted by molar-refractivity contribution is 6.20. The molecule has 0 spiro atoms. The molecule has 0 radical (unpaired) electrons. The topological polar surface area (TPSA) is 76.7 Å². The standard InChI is InChI=1S/C13H12ClF5N2O4/c1-7(22)20-11(10(23)24-2,12(15,16)17)21-8-3-5-9(6-4-8)25-13(14,18)19/h3-6,21H,1-2H3,(H,20,22)/t11-/m0/s1. The third kappa shape index (κ3) is 5.34. The van der Waals surface area contributed by atoms with Gasteiger partial charge in [-0.05, 0) is 24.3 Å². The maximum Gasteiger partial charge on any atom is 0.487 e. The van der Waals surface area contributed by atoms with E-state index in [0.29, 0.717) is 7.11 Å². The minimum absolute atomic E-state index is 0.346. The molecular formula is C13H12ClF5N2O4. The Morgan fingerprint density at radius 1 is 1.08 bits per heavy atom. The molecule has 0 saturated carbocycles. The van der Waals surface area contributed by atoms with Crippen molar-refractivity contribution in [2.24, 2.45) is 0 Å². The zero-order chi connectivity index (χ0) is 19.5. The van der Waals surface area contributed by atoms with Crippen LogP contribution in [0.5, 0.6) is 5.75 Å². The maximum absolute atomic E-state index is 13.4. The van der Waals surface area contributed by atoms with E-state index in [0.717, 1.165) is 31.2 Å². The Kier molecular flexibility index (Phi) is 6.05. The molecule has 1 rings (SSSR count). The van der Waals surface area contributed by atoms with Gasteiger partial charge in [-0.3, -0.25) is 4.79 Å². The molecule has 0 aromatic heterocycles. The molecule has 0 fully saturated rings. The number of carbonyl (C=O) groups is 2. The van der Waals surface area contributed by atoms with Crippen LogP contribution in [-0.2, 0) is 14.3 Å². The van der Waals surface area contributed by atoms with E-state index in [1.807, 2.05) is 0 Å². The third-order valence-corrected chi connectivity index (χ3v) is 2.78. The number of hydrogen-bond donors (Lipinski definition) is 2. The van der Waals surface area contributed by atoms with Crippen LogP contribution < -0.4 is 15.4 Å². The van der Waals surface area contributed by atoms with Gasteiger partial charge in [0.2, 0.25) is 5.91 Å². The number of alkyl halides is 6. The number of nitrogens with one attached hydrogen (secondary N) is 2. The van der Waals surface area contributed by atoms with Crippen LogP contribution in [0.15, 0.2) is 24.3 Å². The quantitative estimate of drug-likeness (QED) is 0.338. The van der Waals surface area contributed by atoms with Gasteiger partial charge in [-0.15, -0.1) is 8.78 Å². The number of rotatable bonds is 6. The smallest absolute Gasteiger partial charge is 0.466 e. The lowest BCUT2D eigenvalue weighted by Gasteiger charge is -2.34. The largest absolute Gasteiger partial charge is 0.487 e. The number of anilines is 1. The van der Waals surface area contributed by atoms with Crippen molar-refractivity contribution in [2.45, 2.75) is 24.3 Å². The van der Waals surface area contributed by atoms with E-state index in [1.54, 1.807) is 5.32 Å². The van der Waals surface area contributed by atoms with E-state index in [-0.39, 0.29) is 5.69 Å². The Morgan fingerprint density at radius 2 is 1.60 bits per heavy atom. The molecule has 1 atom stereocenters. The highest BCUT2D eigenvalue weighted by atomic mass is 35.5. The highest BCUT2D eigenvalue weighted by Gasteiger charge is 2.63. The summed E-state index contributed by atoms with van der Waals surface area (Å²) in [5.41, 5.74) is -7.93. The van der Waals surface area contributed by atoms with Crippen LogP contribution in [0.25, 0.3) is 0 Å². The van der Waals surface area contributed by atoms with E-state index in [9.17, 15) is 31.5 Å². The second kappa shape index (κ2) is 7.30. The first-order valence-corrected chi connectivity index (χ1v) is 6.76. The van der Waals surface area contributed by atoms with Crippen molar-refractivity contribution in [3.05, 3.63) is 24.3 Å².